The Kier molecular flexibility index (Phi) is 7.11. The summed E-state index contributed by atoms with van der Waals surface area (Å²) in [5.41, 5.74) is 6.49. The highest BCUT2D eigenvalue weighted by molar-refractivity contribution is 7.99. The fraction of sp³-hybridized carbons (Fsp3) is 0.0714. The fourth-order valence-electron chi connectivity index (χ4n) is 3.78. The summed E-state index contributed by atoms with van der Waals surface area (Å²) < 4.78 is 1.94. The normalized spacial score (nSPS) is 11.3. The number of fused-ring (bicyclic) bond motifs is 1. The number of hydrogen-bond acceptors (Lipinski definition) is 5. The summed E-state index contributed by atoms with van der Waals surface area (Å²) in [6, 6.07) is 29.6. The van der Waals surface area contributed by atoms with Gasteiger partial charge in [-0.25, -0.2) is 5.43 Å². The van der Waals surface area contributed by atoms with E-state index in [2.05, 4.69) is 20.7 Å². The number of hydrogen-bond donors (Lipinski definition) is 1. The predicted molar refractivity (Wildman–Crippen MR) is 147 cm³/mol. The van der Waals surface area contributed by atoms with E-state index in [1.807, 2.05) is 102 Å². The second-order valence-electron chi connectivity index (χ2n) is 8.13. The fourth-order valence-corrected chi connectivity index (χ4v) is 4.65. The van der Waals surface area contributed by atoms with E-state index in [-0.39, 0.29) is 11.7 Å². The summed E-state index contributed by atoms with van der Waals surface area (Å²) in [5, 5.41) is 16.4. The molecule has 1 heterocycles. The minimum atomic E-state index is -0.233. The van der Waals surface area contributed by atoms with Gasteiger partial charge in [-0.2, -0.15) is 5.10 Å². The number of halogens is 1. The Morgan fingerprint density at radius 1 is 0.972 bits per heavy atom. The molecule has 0 atom stereocenters. The van der Waals surface area contributed by atoms with Crippen molar-refractivity contribution in [3.8, 4) is 17.1 Å². The first-order valence-corrected chi connectivity index (χ1v) is 12.7. The number of carbonyl (C=O) groups excluding carboxylic acids is 1. The van der Waals surface area contributed by atoms with E-state index in [0.29, 0.717) is 16.0 Å². The second kappa shape index (κ2) is 10.8. The van der Waals surface area contributed by atoms with Crippen LogP contribution >= 0.6 is 23.4 Å². The van der Waals surface area contributed by atoms with Gasteiger partial charge in [0.25, 0.3) is 5.91 Å². The zero-order chi connectivity index (χ0) is 24.9. The number of carbonyl (C=O) groups is 1. The largest absolute Gasteiger partial charge is 0.272 e. The van der Waals surface area contributed by atoms with Gasteiger partial charge < -0.3 is 0 Å². The van der Waals surface area contributed by atoms with Crippen LogP contribution in [-0.2, 0) is 4.79 Å². The Labute approximate surface area is 218 Å². The van der Waals surface area contributed by atoms with Gasteiger partial charge in [-0.15, -0.1) is 10.2 Å². The van der Waals surface area contributed by atoms with Crippen molar-refractivity contribution >= 4 is 46.3 Å². The molecule has 178 valence electrons. The first-order chi connectivity index (χ1) is 17.6. The molecule has 4 aromatic carbocycles. The van der Waals surface area contributed by atoms with Crippen molar-refractivity contribution in [2.45, 2.75) is 12.1 Å². The van der Waals surface area contributed by atoms with E-state index >= 15 is 0 Å². The number of hydrazone groups is 1. The molecular weight excluding hydrogens is 490 g/mol. The van der Waals surface area contributed by atoms with Crippen molar-refractivity contribution in [1.29, 1.82) is 0 Å². The average molecular weight is 512 g/mol. The standard InChI is InChI=1S/C28H22ClN5OS/c1-19-9-15-24(16-10-19)34-27(21-11-13-23(29)14-12-21)32-33-28(34)36-18-26(35)31-30-17-22-7-4-6-20-5-2-3-8-25(20)22/h2-17H,18H2,1H3,(H,31,35). The predicted octanol–water partition coefficient (Wildman–Crippen LogP) is 6.29. The number of rotatable bonds is 7. The summed E-state index contributed by atoms with van der Waals surface area (Å²) in [5.74, 6) is 0.577. The number of thioether (sulfide) groups is 1. The van der Waals surface area contributed by atoms with Crippen LogP contribution in [0.4, 0.5) is 0 Å². The number of nitrogens with one attached hydrogen (secondary N) is 1. The molecule has 6 nitrogen and oxygen atoms in total. The van der Waals surface area contributed by atoms with Gasteiger partial charge in [0, 0.05) is 21.8 Å². The summed E-state index contributed by atoms with van der Waals surface area (Å²) in [6.45, 7) is 2.04. The molecule has 0 unspecified atom stereocenters. The van der Waals surface area contributed by atoms with Crippen LogP contribution in [0.5, 0.6) is 0 Å². The lowest BCUT2D eigenvalue weighted by Gasteiger charge is -2.10. The highest BCUT2D eigenvalue weighted by Crippen LogP contribution is 2.29. The highest BCUT2D eigenvalue weighted by atomic mass is 35.5. The van der Waals surface area contributed by atoms with E-state index in [9.17, 15) is 4.79 Å². The van der Waals surface area contributed by atoms with Crippen LogP contribution in [0.15, 0.2) is 101 Å². The Hall–Kier alpha value is -3.94. The van der Waals surface area contributed by atoms with E-state index in [1.54, 1.807) is 6.21 Å². The zero-order valence-corrected chi connectivity index (χ0v) is 21.0. The highest BCUT2D eigenvalue weighted by Gasteiger charge is 2.17. The summed E-state index contributed by atoms with van der Waals surface area (Å²) in [6.07, 6.45) is 1.67. The van der Waals surface area contributed by atoms with Gasteiger partial charge in [-0.3, -0.25) is 9.36 Å². The van der Waals surface area contributed by atoms with E-state index in [0.717, 1.165) is 33.2 Å². The van der Waals surface area contributed by atoms with E-state index in [4.69, 9.17) is 11.6 Å². The lowest BCUT2D eigenvalue weighted by atomic mass is 10.1. The van der Waals surface area contributed by atoms with Crippen LogP contribution in [-0.4, -0.2) is 32.6 Å². The van der Waals surface area contributed by atoms with Gasteiger partial charge in [0.05, 0.1) is 12.0 Å². The van der Waals surface area contributed by atoms with Crippen LogP contribution in [0, 0.1) is 6.92 Å². The molecule has 0 fully saturated rings. The topological polar surface area (TPSA) is 72.2 Å². The van der Waals surface area contributed by atoms with Crippen molar-refractivity contribution < 1.29 is 4.79 Å². The number of benzene rings is 4. The van der Waals surface area contributed by atoms with E-state index in [1.165, 1.54) is 11.8 Å². The lowest BCUT2D eigenvalue weighted by molar-refractivity contribution is -0.118. The van der Waals surface area contributed by atoms with Crippen LogP contribution in [0.25, 0.3) is 27.8 Å². The minimum Gasteiger partial charge on any atom is -0.272 e. The van der Waals surface area contributed by atoms with Gasteiger partial charge in [0.2, 0.25) is 0 Å². The number of aryl methyl sites for hydroxylation is 1. The van der Waals surface area contributed by atoms with Crippen molar-refractivity contribution in [3.05, 3.63) is 107 Å². The smallest absolute Gasteiger partial charge is 0.250 e. The SMILES string of the molecule is Cc1ccc(-n2c(SCC(=O)NN=Cc3cccc4ccccc34)nnc2-c2ccc(Cl)cc2)cc1. The number of nitrogens with zero attached hydrogens (tertiary/aromatic N) is 4. The van der Waals surface area contributed by atoms with Crippen LogP contribution in [0.2, 0.25) is 5.02 Å². The molecule has 1 aromatic heterocycles. The van der Waals surface area contributed by atoms with Crippen molar-refractivity contribution in [2.75, 3.05) is 5.75 Å². The molecule has 5 aromatic rings. The van der Waals surface area contributed by atoms with E-state index < -0.39 is 0 Å². The van der Waals surface area contributed by atoms with Gasteiger partial charge in [-0.1, -0.05) is 83.5 Å². The molecule has 36 heavy (non-hydrogen) atoms. The molecule has 0 aliphatic carbocycles. The Morgan fingerprint density at radius 2 is 1.72 bits per heavy atom. The Bertz CT molecular complexity index is 1540. The van der Waals surface area contributed by atoms with Crippen LogP contribution < -0.4 is 5.43 Å². The third kappa shape index (κ3) is 5.32. The molecule has 0 aliphatic heterocycles. The van der Waals surface area contributed by atoms with Gasteiger partial charge in [0.15, 0.2) is 11.0 Å². The third-order valence-electron chi connectivity index (χ3n) is 5.58. The summed E-state index contributed by atoms with van der Waals surface area (Å²) in [7, 11) is 0. The second-order valence-corrected chi connectivity index (χ2v) is 9.51. The molecule has 0 spiro atoms. The maximum Gasteiger partial charge on any atom is 0.250 e. The number of amides is 1. The lowest BCUT2D eigenvalue weighted by Crippen LogP contribution is -2.20. The molecule has 0 aliphatic rings. The Balaban J connectivity index is 1.33. The third-order valence-corrected chi connectivity index (χ3v) is 6.76. The number of aromatic nitrogens is 3. The molecule has 5 rings (SSSR count). The molecule has 1 amide bonds. The maximum atomic E-state index is 12.6. The van der Waals surface area contributed by atoms with Gasteiger partial charge >= 0.3 is 0 Å². The first-order valence-electron chi connectivity index (χ1n) is 11.3. The molecule has 0 radical (unpaired) electrons. The minimum absolute atomic E-state index is 0.136. The van der Waals surface area contributed by atoms with Gasteiger partial charge in [-0.05, 0) is 54.1 Å². The molecule has 1 N–H and O–H groups in total. The average Bonchev–Trinajstić information content (AvgIpc) is 3.32. The van der Waals surface area contributed by atoms with Crippen molar-refractivity contribution in [2.24, 2.45) is 5.10 Å². The van der Waals surface area contributed by atoms with Crippen molar-refractivity contribution in [3.63, 3.8) is 0 Å². The monoisotopic (exact) mass is 511 g/mol. The molecule has 0 bridgehead atoms. The Morgan fingerprint density at radius 3 is 2.53 bits per heavy atom. The maximum absolute atomic E-state index is 12.6. The quantitative estimate of drug-likeness (QED) is 0.158. The molecule has 0 saturated heterocycles. The first kappa shape index (κ1) is 23.8. The molecular formula is C28H22ClN5OS. The zero-order valence-electron chi connectivity index (χ0n) is 19.4. The van der Waals surface area contributed by atoms with Crippen molar-refractivity contribution in [1.82, 2.24) is 20.2 Å². The van der Waals surface area contributed by atoms with Crippen LogP contribution in [0.3, 0.4) is 0 Å². The molecule has 0 saturated carbocycles. The summed E-state index contributed by atoms with van der Waals surface area (Å²) >= 11 is 7.37. The summed E-state index contributed by atoms with van der Waals surface area (Å²) in [4.78, 5) is 12.6. The van der Waals surface area contributed by atoms with Crippen LogP contribution in [0.1, 0.15) is 11.1 Å². The molecule has 8 heteroatoms. The van der Waals surface area contributed by atoms with Gasteiger partial charge in [0.1, 0.15) is 0 Å².